The number of rotatable bonds is 4. The van der Waals surface area contributed by atoms with Crippen LogP contribution in [0, 0.1) is 13.8 Å². The maximum Gasteiger partial charge on any atom is 0.239 e. The van der Waals surface area contributed by atoms with Crippen molar-refractivity contribution in [2.45, 2.75) is 13.8 Å². The lowest BCUT2D eigenvalue weighted by atomic mass is 10.2. The van der Waals surface area contributed by atoms with Gasteiger partial charge in [-0.3, -0.25) is 9.69 Å². The quantitative estimate of drug-likeness (QED) is 0.795. The number of halogens is 3. The van der Waals surface area contributed by atoms with Crippen molar-refractivity contribution in [2.24, 2.45) is 0 Å². The van der Waals surface area contributed by atoms with Crippen LogP contribution in [0.15, 0.2) is 30.3 Å². The standard InChI is InChI=1S/C17H23N5O.3ClH/c1-13-3-5-15(6-4-13)22-16(11-14(2)20-22)19-17(23)12-21-9-7-18-8-10-21;;;/h3-6,11,18H,7-10,12H2,1-2H3,(H,19,23);3*1H. The number of amides is 1. The topological polar surface area (TPSA) is 62.2 Å². The molecule has 2 N–H and O–H groups in total. The molecule has 9 heteroatoms. The monoisotopic (exact) mass is 421 g/mol. The van der Waals surface area contributed by atoms with E-state index >= 15 is 0 Å². The fourth-order valence-corrected chi connectivity index (χ4v) is 2.73. The van der Waals surface area contributed by atoms with Gasteiger partial charge in [-0.2, -0.15) is 5.10 Å². The summed E-state index contributed by atoms with van der Waals surface area (Å²) in [6, 6.07) is 9.99. The SMILES string of the molecule is Cc1ccc(-n2nc(C)cc2NC(=O)CN2CCNCC2)cc1.Cl.Cl.Cl. The number of carbonyl (C=O) groups is 1. The van der Waals surface area contributed by atoms with Gasteiger partial charge in [-0.25, -0.2) is 4.68 Å². The van der Waals surface area contributed by atoms with E-state index in [-0.39, 0.29) is 43.1 Å². The summed E-state index contributed by atoms with van der Waals surface area (Å²) in [4.78, 5) is 14.5. The minimum atomic E-state index is 0. The molecule has 2 aromatic rings. The highest BCUT2D eigenvalue weighted by atomic mass is 35.5. The van der Waals surface area contributed by atoms with Crippen LogP contribution in [0.3, 0.4) is 0 Å². The van der Waals surface area contributed by atoms with Gasteiger partial charge in [-0.05, 0) is 26.0 Å². The summed E-state index contributed by atoms with van der Waals surface area (Å²) < 4.78 is 1.78. The molecule has 2 heterocycles. The summed E-state index contributed by atoms with van der Waals surface area (Å²) in [6.45, 7) is 8.08. The second-order valence-corrected chi connectivity index (χ2v) is 5.99. The Hall–Kier alpha value is -1.31. The molecular formula is C17H26Cl3N5O. The van der Waals surface area contributed by atoms with E-state index in [1.165, 1.54) is 5.56 Å². The van der Waals surface area contributed by atoms with Crippen molar-refractivity contribution in [3.63, 3.8) is 0 Å². The largest absolute Gasteiger partial charge is 0.314 e. The highest BCUT2D eigenvalue weighted by molar-refractivity contribution is 5.91. The highest BCUT2D eigenvalue weighted by Crippen LogP contribution is 2.17. The molecule has 6 nitrogen and oxygen atoms in total. The molecule has 3 rings (SSSR count). The lowest BCUT2D eigenvalue weighted by molar-refractivity contribution is -0.117. The minimum Gasteiger partial charge on any atom is -0.314 e. The lowest BCUT2D eigenvalue weighted by Crippen LogP contribution is -2.46. The molecule has 1 fully saturated rings. The number of carbonyl (C=O) groups excluding carboxylic acids is 1. The fraction of sp³-hybridized carbons (Fsp3) is 0.412. The maximum atomic E-state index is 12.3. The smallest absolute Gasteiger partial charge is 0.239 e. The molecule has 1 aliphatic heterocycles. The number of anilines is 1. The van der Waals surface area contributed by atoms with Crippen LogP contribution in [-0.4, -0.2) is 53.3 Å². The van der Waals surface area contributed by atoms with E-state index in [9.17, 15) is 4.79 Å². The summed E-state index contributed by atoms with van der Waals surface area (Å²) in [5.74, 6) is 0.714. The summed E-state index contributed by atoms with van der Waals surface area (Å²) in [7, 11) is 0. The Morgan fingerprint density at radius 1 is 1.12 bits per heavy atom. The average molecular weight is 423 g/mol. The first-order valence-electron chi connectivity index (χ1n) is 7.98. The first-order valence-corrected chi connectivity index (χ1v) is 7.98. The molecule has 146 valence electrons. The van der Waals surface area contributed by atoms with Crippen LogP contribution >= 0.6 is 37.2 Å². The molecule has 1 aromatic heterocycles. The van der Waals surface area contributed by atoms with Crippen molar-refractivity contribution < 1.29 is 4.79 Å². The first kappa shape index (κ1) is 24.7. The van der Waals surface area contributed by atoms with E-state index in [0.29, 0.717) is 12.4 Å². The van der Waals surface area contributed by atoms with Gasteiger partial charge in [0, 0.05) is 32.2 Å². The molecule has 0 radical (unpaired) electrons. The van der Waals surface area contributed by atoms with Gasteiger partial charge in [0.25, 0.3) is 0 Å². The number of nitrogens with zero attached hydrogens (tertiary/aromatic N) is 3. The molecule has 1 saturated heterocycles. The van der Waals surface area contributed by atoms with Crippen LogP contribution in [0.1, 0.15) is 11.3 Å². The Kier molecular flexibility index (Phi) is 10.8. The predicted octanol–water partition coefficient (Wildman–Crippen LogP) is 2.60. The van der Waals surface area contributed by atoms with E-state index in [0.717, 1.165) is 37.6 Å². The number of nitrogens with one attached hydrogen (secondary N) is 2. The third-order valence-corrected chi connectivity index (χ3v) is 3.95. The van der Waals surface area contributed by atoms with Gasteiger partial charge in [0.1, 0.15) is 5.82 Å². The predicted molar refractivity (Wildman–Crippen MR) is 113 cm³/mol. The van der Waals surface area contributed by atoms with Crippen LogP contribution < -0.4 is 10.6 Å². The third kappa shape index (κ3) is 6.45. The molecule has 1 amide bonds. The minimum absolute atomic E-state index is 0. The average Bonchev–Trinajstić information content (AvgIpc) is 2.89. The number of hydrogen-bond acceptors (Lipinski definition) is 4. The summed E-state index contributed by atoms with van der Waals surface area (Å²) in [5, 5.41) is 10.8. The van der Waals surface area contributed by atoms with Crippen molar-refractivity contribution in [3.05, 3.63) is 41.6 Å². The molecule has 0 aliphatic carbocycles. The van der Waals surface area contributed by atoms with Crippen LogP contribution in [-0.2, 0) is 4.79 Å². The number of hydrogen-bond donors (Lipinski definition) is 2. The van der Waals surface area contributed by atoms with Crippen LogP contribution in [0.25, 0.3) is 5.69 Å². The van der Waals surface area contributed by atoms with Crippen molar-refractivity contribution in [1.82, 2.24) is 20.0 Å². The lowest BCUT2D eigenvalue weighted by Gasteiger charge is -2.26. The molecule has 0 unspecified atom stereocenters. The van der Waals surface area contributed by atoms with Crippen molar-refractivity contribution >= 4 is 48.9 Å². The highest BCUT2D eigenvalue weighted by Gasteiger charge is 2.16. The van der Waals surface area contributed by atoms with Crippen LogP contribution in [0.4, 0.5) is 5.82 Å². The van der Waals surface area contributed by atoms with E-state index in [4.69, 9.17) is 0 Å². The molecule has 0 saturated carbocycles. The van der Waals surface area contributed by atoms with Gasteiger partial charge in [-0.15, -0.1) is 37.2 Å². The zero-order chi connectivity index (χ0) is 16.2. The second kappa shape index (κ2) is 11.4. The Morgan fingerprint density at radius 3 is 2.35 bits per heavy atom. The number of benzene rings is 1. The normalized spacial score (nSPS) is 13.8. The molecule has 0 bridgehead atoms. The summed E-state index contributed by atoms with van der Waals surface area (Å²) >= 11 is 0. The number of aryl methyl sites for hydroxylation is 2. The summed E-state index contributed by atoms with van der Waals surface area (Å²) in [6.07, 6.45) is 0. The Labute approximate surface area is 172 Å². The zero-order valence-electron chi connectivity index (χ0n) is 14.9. The second-order valence-electron chi connectivity index (χ2n) is 5.99. The van der Waals surface area contributed by atoms with Gasteiger partial charge >= 0.3 is 0 Å². The molecule has 1 aromatic carbocycles. The Balaban J connectivity index is 0.00000208. The first-order chi connectivity index (χ1) is 11.1. The van der Waals surface area contributed by atoms with Crippen LogP contribution in [0.2, 0.25) is 0 Å². The van der Waals surface area contributed by atoms with E-state index in [2.05, 4.69) is 20.6 Å². The zero-order valence-corrected chi connectivity index (χ0v) is 17.3. The van der Waals surface area contributed by atoms with Gasteiger partial charge in [0.2, 0.25) is 5.91 Å². The molecule has 0 atom stereocenters. The maximum absolute atomic E-state index is 12.3. The van der Waals surface area contributed by atoms with Crippen molar-refractivity contribution in [2.75, 3.05) is 38.0 Å². The van der Waals surface area contributed by atoms with Crippen LogP contribution in [0.5, 0.6) is 0 Å². The fourth-order valence-electron chi connectivity index (χ4n) is 2.73. The van der Waals surface area contributed by atoms with Gasteiger partial charge in [0.05, 0.1) is 17.9 Å². The number of piperazine rings is 1. The third-order valence-electron chi connectivity index (χ3n) is 3.95. The molecule has 0 spiro atoms. The van der Waals surface area contributed by atoms with E-state index in [1.807, 2.05) is 44.2 Å². The summed E-state index contributed by atoms with van der Waals surface area (Å²) in [5.41, 5.74) is 3.02. The Morgan fingerprint density at radius 2 is 1.73 bits per heavy atom. The van der Waals surface area contributed by atoms with Crippen molar-refractivity contribution in [3.8, 4) is 5.69 Å². The Bertz CT molecular complexity index is 684. The van der Waals surface area contributed by atoms with E-state index in [1.54, 1.807) is 4.68 Å². The van der Waals surface area contributed by atoms with E-state index < -0.39 is 0 Å². The molecule has 1 aliphatic rings. The molecule has 26 heavy (non-hydrogen) atoms. The van der Waals surface area contributed by atoms with Crippen molar-refractivity contribution in [1.29, 1.82) is 0 Å². The molecular weight excluding hydrogens is 397 g/mol. The van der Waals surface area contributed by atoms with Gasteiger partial charge < -0.3 is 10.6 Å². The van der Waals surface area contributed by atoms with Gasteiger partial charge in [-0.1, -0.05) is 17.7 Å². The number of aromatic nitrogens is 2. The van der Waals surface area contributed by atoms with Gasteiger partial charge in [0.15, 0.2) is 0 Å².